The molecule has 1 aliphatic heterocycles. The summed E-state index contributed by atoms with van der Waals surface area (Å²) < 4.78 is 13.5. The summed E-state index contributed by atoms with van der Waals surface area (Å²) in [4.78, 5) is 16.2. The Morgan fingerprint density at radius 3 is 2.76 bits per heavy atom. The number of benzodiazepines with no additional fused rings is 1. The summed E-state index contributed by atoms with van der Waals surface area (Å²) in [7, 11) is 0. The lowest BCUT2D eigenvalue weighted by molar-refractivity contribution is -0.117. The van der Waals surface area contributed by atoms with E-state index in [-0.39, 0.29) is 11.7 Å². The van der Waals surface area contributed by atoms with Gasteiger partial charge in [0, 0.05) is 11.1 Å². The number of amides is 1. The Bertz CT molecular complexity index is 755. The molecule has 5 heteroatoms. The molecular formula is C16H14FN3O. The smallest absolute Gasteiger partial charge is 0.263 e. The van der Waals surface area contributed by atoms with Crippen LogP contribution in [0.5, 0.6) is 0 Å². The van der Waals surface area contributed by atoms with Crippen molar-refractivity contribution in [1.29, 1.82) is 0 Å². The van der Waals surface area contributed by atoms with Crippen LogP contribution < -0.4 is 11.1 Å². The van der Waals surface area contributed by atoms with Crippen molar-refractivity contribution in [3.63, 3.8) is 0 Å². The first kappa shape index (κ1) is 13.5. The van der Waals surface area contributed by atoms with Gasteiger partial charge in [-0.15, -0.1) is 0 Å². The molecule has 0 fully saturated rings. The average Bonchev–Trinajstić information content (AvgIpc) is 2.57. The molecule has 1 amide bonds. The minimum atomic E-state index is -1.02. The minimum Gasteiger partial charge on any atom is -0.322 e. The maximum atomic E-state index is 13.5. The number of hydrogen-bond donors (Lipinski definition) is 2. The van der Waals surface area contributed by atoms with Crippen LogP contribution in [0.15, 0.2) is 47.5 Å². The number of nitrogens with zero attached hydrogens (tertiary/aromatic N) is 1. The molecule has 0 bridgehead atoms. The Balaban J connectivity index is 2.27. The van der Waals surface area contributed by atoms with Gasteiger partial charge in [0.1, 0.15) is 5.82 Å². The highest BCUT2D eigenvalue weighted by Gasteiger charge is 2.24. The van der Waals surface area contributed by atoms with E-state index in [2.05, 4.69) is 10.3 Å². The van der Waals surface area contributed by atoms with Crippen molar-refractivity contribution >= 4 is 17.3 Å². The molecule has 0 radical (unpaired) electrons. The van der Waals surface area contributed by atoms with Gasteiger partial charge in [-0.1, -0.05) is 24.3 Å². The Kier molecular flexibility index (Phi) is 3.27. The molecule has 0 aromatic heterocycles. The molecule has 2 aromatic carbocycles. The average molecular weight is 283 g/mol. The molecule has 2 aromatic rings. The first-order valence-corrected chi connectivity index (χ1v) is 6.56. The van der Waals surface area contributed by atoms with Gasteiger partial charge in [0.15, 0.2) is 6.17 Å². The van der Waals surface area contributed by atoms with Gasteiger partial charge in [-0.05, 0) is 30.7 Å². The highest BCUT2D eigenvalue weighted by Crippen LogP contribution is 2.26. The third-order valence-electron chi connectivity index (χ3n) is 3.40. The summed E-state index contributed by atoms with van der Waals surface area (Å²) in [5.74, 6) is -0.740. The van der Waals surface area contributed by atoms with Gasteiger partial charge >= 0.3 is 0 Å². The third kappa shape index (κ3) is 2.43. The van der Waals surface area contributed by atoms with E-state index in [1.165, 1.54) is 12.1 Å². The highest BCUT2D eigenvalue weighted by molar-refractivity contribution is 6.20. The number of anilines is 1. The topological polar surface area (TPSA) is 67.5 Å². The first-order valence-electron chi connectivity index (χ1n) is 6.56. The summed E-state index contributed by atoms with van der Waals surface area (Å²) in [6, 6.07) is 11.6. The van der Waals surface area contributed by atoms with E-state index in [1.54, 1.807) is 18.2 Å². The van der Waals surface area contributed by atoms with Gasteiger partial charge in [0.2, 0.25) is 0 Å². The van der Waals surface area contributed by atoms with Gasteiger partial charge in [-0.3, -0.25) is 9.79 Å². The largest absolute Gasteiger partial charge is 0.322 e. The van der Waals surface area contributed by atoms with Gasteiger partial charge in [0.05, 0.1) is 11.4 Å². The summed E-state index contributed by atoms with van der Waals surface area (Å²) >= 11 is 0. The number of aliphatic imine (C=N–C) groups is 1. The molecule has 0 spiro atoms. The maximum Gasteiger partial charge on any atom is 0.263 e. The summed E-state index contributed by atoms with van der Waals surface area (Å²) in [6.07, 6.45) is -1.02. The Morgan fingerprint density at radius 1 is 1.24 bits per heavy atom. The molecule has 1 unspecified atom stereocenters. The van der Waals surface area contributed by atoms with Gasteiger partial charge < -0.3 is 11.1 Å². The zero-order valence-electron chi connectivity index (χ0n) is 11.4. The van der Waals surface area contributed by atoms with Crippen LogP contribution in [0.1, 0.15) is 16.7 Å². The van der Waals surface area contributed by atoms with E-state index in [1.807, 2.05) is 19.1 Å². The fourth-order valence-corrected chi connectivity index (χ4v) is 2.41. The number of aryl methyl sites for hydroxylation is 1. The van der Waals surface area contributed by atoms with Crippen molar-refractivity contribution in [2.45, 2.75) is 13.1 Å². The van der Waals surface area contributed by atoms with E-state index >= 15 is 0 Å². The fraction of sp³-hybridized carbons (Fsp3) is 0.125. The summed E-state index contributed by atoms with van der Waals surface area (Å²) in [5.41, 5.74) is 9.24. The van der Waals surface area contributed by atoms with Crippen LogP contribution in [0.4, 0.5) is 10.1 Å². The summed E-state index contributed by atoms with van der Waals surface area (Å²) in [5, 5.41) is 2.76. The Morgan fingerprint density at radius 2 is 2.00 bits per heavy atom. The number of carbonyl (C=O) groups is 1. The number of carbonyl (C=O) groups excluding carboxylic acids is 1. The van der Waals surface area contributed by atoms with Crippen molar-refractivity contribution < 1.29 is 9.18 Å². The molecule has 3 rings (SSSR count). The minimum absolute atomic E-state index is 0.359. The van der Waals surface area contributed by atoms with E-state index < -0.39 is 6.17 Å². The van der Waals surface area contributed by atoms with Crippen LogP contribution >= 0.6 is 0 Å². The number of fused-ring (bicyclic) bond motifs is 1. The standard InChI is InChI=1S/C16H14FN3O/c1-9-4-2-7-12-13(9)14(20-15(18)16(21)19-12)10-5-3-6-11(17)8-10/h2-8,15H,18H2,1H3,(H,19,21). The van der Waals surface area contributed by atoms with E-state index in [9.17, 15) is 9.18 Å². The molecule has 0 saturated heterocycles. The van der Waals surface area contributed by atoms with Gasteiger partial charge in [-0.25, -0.2) is 4.39 Å². The normalized spacial score (nSPS) is 17.6. The number of nitrogens with one attached hydrogen (secondary N) is 1. The molecule has 4 nitrogen and oxygen atoms in total. The van der Waals surface area contributed by atoms with Crippen LogP contribution in [0.3, 0.4) is 0 Å². The lowest BCUT2D eigenvalue weighted by atomic mass is 9.96. The number of rotatable bonds is 1. The number of hydrogen-bond acceptors (Lipinski definition) is 3. The monoisotopic (exact) mass is 283 g/mol. The quantitative estimate of drug-likeness (QED) is 0.842. The lowest BCUT2D eigenvalue weighted by Gasteiger charge is -2.12. The molecule has 0 saturated carbocycles. The fourth-order valence-electron chi connectivity index (χ4n) is 2.41. The Labute approximate surface area is 121 Å². The molecular weight excluding hydrogens is 269 g/mol. The van der Waals surface area contributed by atoms with E-state index in [0.717, 1.165) is 11.1 Å². The van der Waals surface area contributed by atoms with Gasteiger partial charge in [0.25, 0.3) is 5.91 Å². The van der Waals surface area contributed by atoms with E-state index in [4.69, 9.17) is 5.73 Å². The third-order valence-corrected chi connectivity index (χ3v) is 3.40. The molecule has 3 N–H and O–H groups in total. The molecule has 106 valence electrons. The number of nitrogens with two attached hydrogens (primary N) is 1. The van der Waals surface area contributed by atoms with Crippen molar-refractivity contribution in [2.75, 3.05) is 5.32 Å². The van der Waals surface area contributed by atoms with Crippen molar-refractivity contribution in [1.82, 2.24) is 0 Å². The number of benzene rings is 2. The van der Waals surface area contributed by atoms with Crippen LogP contribution in [-0.4, -0.2) is 17.8 Å². The molecule has 21 heavy (non-hydrogen) atoms. The van der Waals surface area contributed by atoms with Crippen LogP contribution in [0.2, 0.25) is 0 Å². The highest BCUT2D eigenvalue weighted by atomic mass is 19.1. The van der Waals surface area contributed by atoms with Crippen LogP contribution in [-0.2, 0) is 4.79 Å². The van der Waals surface area contributed by atoms with Crippen molar-refractivity contribution in [3.8, 4) is 0 Å². The maximum absolute atomic E-state index is 13.5. The van der Waals surface area contributed by atoms with Crippen LogP contribution in [0.25, 0.3) is 0 Å². The predicted octanol–water partition coefficient (Wildman–Crippen LogP) is 2.21. The van der Waals surface area contributed by atoms with E-state index in [0.29, 0.717) is 17.0 Å². The van der Waals surface area contributed by atoms with Gasteiger partial charge in [-0.2, -0.15) is 0 Å². The molecule has 1 aliphatic rings. The second-order valence-electron chi connectivity index (χ2n) is 4.92. The number of halogens is 1. The molecule has 1 heterocycles. The lowest BCUT2D eigenvalue weighted by Crippen LogP contribution is -2.33. The Hall–Kier alpha value is -2.53. The molecule has 1 atom stereocenters. The molecule has 0 aliphatic carbocycles. The predicted molar refractivity (Wildman–Crippen MR) is 79.8 cm³/mol. The zero-order chi connectivity index (χ0) is 15.0. The zero-order valence-corrected chi connectivity index (χ0v) is 11.4. The summed E-state index contributed by atoms with van der Waals surface area (Å²) in [6.45, 7) is 1.91. The first-order chi connectivity index (χ1) is 10.1. The van der Waals surface area contributed by atoms with Crippen molar-refractivity contribution in [3.05, 3.63) is 65.0 Å². The second kappa shape index (κ2) is 5.10. The van der Waals surface area contributed by atoms with Crippen LogP contribution in [0, 0.1) is 12.7 Å². The van der Waals surface area contributed by atoms with Crippen molar-refractivity contribution in [2.24, 2.45) is 10.7 Å². The second-order valence-corrected chi connectivity index (χ2v) is 4.92. The SMILES string of the molecule is Cc1cccc2c1C(c1cccc(F)c1)=NC(N)C(=O)N2.